The Kier molecular flexibility index (Phi) is 8.69. The lowest BCUT2D eigenvalue weighted by Crippen LogP contribution is -2.51. The van der Waals surface area contributed by atoms with E-state index in [1.165, 1.54) is 18.2 Å². The summed E-state index contributed by atoms with van der Waals surface area (Å²) < 4.78 is 11.5. The fourth-order valence-electron chi connectivity index (χ4n) is 3.62. The van der Waals surface area contributed by atoms with Gasteiger partial charge in [0.15, 0.2) is 0 Å². The van der Waals surface area contributed by atoms with E-state index in [9.17, 15) is 25.4 Å². The van der Waals surface area contributed by atoms with Crippen LogP contribution >= 0.6 is 0 Å². The summed E-state index contributed by atoms with van der Waals surface area (Å²) in [5.74, 6) is -0.479. The zero-order valence-electron chi connectivity index (χ0n) is 19.6. The fraction of sp³-hybridized carbons (Fsp3) is 0.250. The number of aryl methyl sites for hydroxylation is 3. The molecule has 0 saturated carbocycles. The van der Waals surface area contributed by atoms with Crippen LogP contribution in [0.15, 0.2) is 54.6 Å². The van der Waals surface area contributed by atoms with Gasteiger partial charge in [-0.05, 0) is 54.2 Å². The Morgan fingerprint density at radius 2 is 0.882 bits per heavy atom. The summed E-state index contributed by atoms with van der Waals surface area (Å²) in [6.45, 7) is 5.83. The summed E-state index contributed by atoms with van der Waals surface area (Å²) in [6.07, 6.45) is 2.04. The van der Waals surface area contributed by atoms with Crippen LogP contribution in [-0.4, -0.2) is 46.7 Å². The molecule has 0 saturated heterocycles. The number of phenols is 3. The summed E-state index contributed by atoms with van der Waals surface area (Å²) in [7, 11) is -4.67. The van der Waals surface area contributed by atoms with E-state index in [4.69, 9.17) is 9.14 Å². The highest BCUT2D eigenvalue weighted by Gasteiger charge is 2.37. The van der Waals surface area contributed by atoms with Gasteiger partial charge in [0.05, 0.1) is 0 Å². The lowest BCUT2D eigenvalue weighted by Gasteiger charge is -2.22. The van der Waals surface area contributed by atoms with Crippen molar-refractivity contribution in [2.24, 2.45) is 0 Å². The number of rotatable bonds is 10. The second kappa shape index (κ2) is 11.5. The zero-order chi connectivity index (χ0) is 24.8. The first kappa shape index (κ1) is 25.7. The van der Waals surface area contributed by atoms with Gasteiger partial charge in [-0.2, -0.15) is 0 Å². The Labute approximate surface area is 201 Å². The third-order valence-corrected chi connectivity index (χ3v) is 5.79. The molecule has 0 heterocycles. The molecule has 176 valence electrons. The minimum absolute atomic E-state index is 0.129. The van der Waals surface area contributed by atoms with Crippen molar-refractivity contribution in [3.63, 3.8) is 0 Å². The van der Waals surface area contributed by atoms with E-state index in [-0.39, 0.29) is 33.6 Å². The maximum Gasteiger partial charge on any atom is 0.481 e. The average Bonchev–Trinajstić information content (AvgIpc) is 2.84. The van der Waals surface area contributed by atoms with E-state index < -0.39 is 21.4 Å². The standard InChI is InChI=1S/C24H29B3O7/c1-4-16-7-10-22(28)19(13-16)25(31)33-27(21-15-18(6-3)9-12-24(21)30)34-26(32)20-14-17(5-2)8-11-23(20)29/h7-15,28-32H,4-6H2,1-3H3. The third kappa shape index (κ3) is 5.96. The van der Waals surface area contributed by atoms with Gasteiger partial charge in [0.1, 0.15) is 17.2 Å². The molecule has 0 aliphatic rings. The van der Waals surface area contributed by atoms with Gasteiger partial charge in [-0.15, -0.1) is 0 Å². The first-order valence-electron chi connectivity index (χ1n) is 11.4. The molecule has 3 rings (SSSR count). The van der Waals surface area contributed by atoms with Crippen LogP contribution in [0, 0.1) is 0 Å². The quantitative estimate of drug-likeness (QED) is 0.286. The molecule has 0 fully saturated rings. The maximum atomic E-state index is 10.8. The van der Waals surface area contributed by atoms with Crippen LogP contribution in [0.25, 0.3) is 0 Å². The Bertz CT molecular complexity index is 1060. The van der Waals surface area contributed by atoms with Crippen LogP contribution in [-0.2, 0) is 28.4 Å². The molecular weight excluding hydrogens is 433 g/mol. The van der Waals surface area contributed by atoms with E-state index in [1.807, 2.05) is 20.8 Å². The number of phenolic OH excluding ortho intramolecular Hbond substituents is 3. The van der Waals surface area contributed by atoms with Crippen LogP contribution in [0.4, 0.5) is 0 Å². The minimum atomic E-state index is -1.62. The van der Waals surface area contributed by atoms with Gasteiger partial charge in [-0.3, -0.25) is 0 Å². The number of aromatic hydroxyl groups is 3. The van der Waals surface area contributed by atoms with E-state index in [1.54, 1.807) is 36.4 Å². The highest BCUT2D eigenvalue weighted by molar-refractivity contribution is 6.80. The summed E-state index contributed by atoms with van der Waals surface area (Å²) in [4.78, 5) is 0. The van der Waals surface area contributed by atoms with Gasteiger partial charge in [0, 0.05) is 16.4 Å². The van der Waals surface area contributed by atoms with Crippen LogP contribution in [0.3, 0.4) is 0 Å². The SMILES string of the molecule is CCc1ccc(O)c(B(O)OB(OB(O)c2cc(CC)ccc2O)c2cc(CC)ccc2O)c1. The van der Waals surface area contributed by atoms with E-state index in [0.29, 0.717) is 19.3 Å². The first-order valence-corrected chi connectivity index (χ1v) is 11.4. The van der Waals surface area contributed by atoms with Crippen molar-refractivity contribution in [1.29, 1.82) is 0 Å². The van der Waals surface area contributed by atoms with Gasteiger partial charge in [-0.1, -0.05) is 57.2 Å². The monoisotopic (exact) mass is 462 g/mol. The van der Waals surface area contributed by atoms with Gasteiger partial charge >= 0.3 is 21.4 Å². The lowest BCUT2D eigenvalue weighted by atomic mass is 9.66. The van der Waals surface area contributed by atoms with Crippen molar-refractivity contribution in [1.82, 2.24) is 0 Å². The van der Waals surface area contributed by atoms with Crippen molar-refractivity contribution in [3.05, 3.63) is 71.3 Å². The van der Waals surface area contributed by atoms with Gasteiger partial charge < -0.3 is 34.5 Å². The van der Waals surface area contributed by atoms with Crippen molar-refractivity contribution in [2.75, 3.05) is 0 Å². The second-order valence-electron chi connectivity index (χ2n) is 8.05. The van der Waals surface area contributed by atoms with Crippen molar-refractivity contribution in [2.45, 2.75) is 40.0 Å². The molecule has 0 aromatic heterocycles. The molecular formula is C24H29B3O7. The Hall–Kier alpha value is -2.91. The number of hydrogen-bond donors (Lipinski definition) is 5. The third-order valence-electron chi connectivity index (χ3n) is 5.79. The highest BCUT2D eigenvalue weighted by atomic mass is 16.6. The summed E-state index contributed by atoms with van der Waals surface area (Å²) in [6, 6.07) is 14.5. The Morgan fingerprint density at radius 1 is 0.559 bits per heavy atom. The smallest absolute Gasteiger partial charge is 0.481 e. The summed E-state index contributed by atoms with van der Waals surface area (Å²) in [5.41, 5.74) is 3.08. The molecule has 0 atom stereocenters. The molecule has 7 nitrogen and oxygen atoms in total. The molecule has 0 aliphatic carbocycles. The molecule has 34 heavy (non-hydrogen) atoms. The molecule has 10 heteroatoms. The zero-order valence-corrected chi connectivity index (χ0v) is 19.6. The fourth-order valence-corrected chi connectivity index (χ4v) is 3.62. The van der Waals surface area contributed by atoms with E-state index in [2.05, 4.69) is 0 Å². The predicted octanol–water partition coefficient (Wildman–Crippen LogP) is 0.994. The molecule has 3 aromatic rings. The highest BCUT2D eigenvalue weighted by Crippen LogP contribution is 2.16. The van der Waals surface area contributed by atoms with Crippen LogP contribution in [0.1, 0.15) is 37.5 Å². The molecule has 5 N–H and O–H groups in total. The second-order valence-corrected chi connectivity index (χ2v) is 8.05. The summed E-state index contributed by atoms with van der Waals surface area (Å²) in [5, 5.41) is 52.7. The number of hydrogen-bond acceptors (Lipinski definition) is 7. The predicted molar refractivity (Wildman–Crippen MR) is 135 cm³/mol. The maximum absolute atomic E-state index is 10.8. The Balaban J connectivity index is 1.98. The van der Waals surface area contributed by atoms with Crippen LogP contribution in [0.5, 0.6) is 17.2 Å². The lowest BCUT2D eigenvalue weighted by molar-refractivity contribution is 0.352. The molecule has 0 aliphatic heterocycles. The Morgan fingerprint density at radius 3 is 1.24 bits per heavy atom. The van der Waals surface area contributed by atoms with Crippen LogP contribution < -0.4 is 16.4 Å². The van der Waals surface area contributed by atoms with E-state index >= 15 is 0 Å². The van der Waals surface area contributed by atoms with Gasteiger partial charge in [-0.25, -0.2) is 0 Å². The molecule has 3 aromatic carbocycles. The molecule has 0 radical (unpaired) electrons. The largest absolute Gasteiger partial charge is 0.508 e. The van der Waals surface area contributed by atoms with Crippen molar-refractivity contribution in [3.8, 4) is 17.2 Å². The molecule has 0 amide bonds. The molecule has 0 spiro atoms. The number of benzene rings is 3. The van der Waals surface area contributed by atoms with E-state index in [0.717, 1.165) is 16.7 Å². The van der Waals surface area contributed by atoms with Gasteiger partial charge in [0.2, 0.25) is 0 Å². The normalized spacial score (nSPS) is 10.9. The van der Waals surface area contributed by atoms with Gasteiger partial charge in [0.25, 0.3) is 0 Å². The summed E-state index contributed by atoms with van der Waals surface area (Å²) >= 11 is 0. The average molecular weight is 462 g/mol. The first-order chi connectivity index (χ1) is 16.3. The molecule has 0 bridgehead atoms. The topological polar surface area (TPSA) is 120 Å². The van der Waals surface area contributed by atoms with Crippen LogP contribution in [0.2, 0.25) is 0 Å². The minimum Gasteiger partial charge on any atom is -0.508 e. The molecule has 0 unspecified atom stereocenters. The van der Waals surface area contributed by atoms with Crippen molar-refractivity contribution >= 4 is 37.7 Å². The van der Waals surface area contributed by atoms with Crippen molar-refractivity contribution < 1.29 is 34.5 Å².